The summed E-state index contributed by atoms with van der Waals surface area (Å²) in [5.41, 5.74) is 7.97. The fourth-order valence-corrected chi connectivity index (χ4v) is 4.43. The predicted octanol–water partition coefficient (Wildman–Crippen LogP) is 3.15. The molecule has 0 atom stereocenters. The number of ether oxygens (including phenoxy) is 1. The van der Waals surface area contributed by atoms with Crippen LogP contribution in [0.3, 0.4) is 0 Å². The van der Waals surface area contributed by atoms with Crippen molar-refractivity contribution in [3.8, 4) is 0 Å². The van der Waals surface area contributed by atoms with Crippen LogP contribution >= 0.6 is 23.1 Å². The Bertz CT molecular complexity index is 669. The highest BCUT2D eigenvalue weighted by Gasteiger charge is 2.22. The molecular formula is C13H15N3O2S2. The van der Waals surface area contributed by atoms with E-state index in [-0.39, 0.29) is 11.2 Å². The molecule has 0 bridgehead atoms. The van der Waals surface area contributed by atoms with Gasteiger partial charge in [0.15, 0.2) is 0 Å². The summed E-state index contributed by atoms with van der Waals surface area (Å²) in [7, 11) is 0. The van der Waals surface area contributed by atoms with Crippen LogP contribution in [0.1, 0.15) is 29.5 Å². The zero-order valence-electron chi connectivity index (χ0n) is 11.1. The van der Waals surface area contributed by atoms with Crippen LogP contribution in [-0.2, 0) is 23.3 Å². The monoisotopic (exact) mass is 309 g/mol. The Hall–Kier alpha value is -1.34. The van der Waals surface area contributed by atoms with E-state index in [1.54, 1.807) is 18.3 Å². The number of thioether (sulfide) groups is 1. The average molecular weight is 309 g/mol. The molecular weight excluding hydrogens is 294 g/mol. The molecule has 5 nitrogen and oxygen atoms in total. The number of hydrogen-bond acceptors (Lipinski definition) is 7. The van der Waals surface area contributed by atoms with Crippen molar-refractivity contribution >= 4 is 44.6 Å². The van der Waals surface area contributed by atoms with Crippen molar-refractivity contribution in [1.29, 1.82) is 0 Å². The Balaban J connectivity index is 1.94. The molecule has 0 saturated heterocycles. The van der Waals surface area contributed by atoms with Crippen LogP contribution in [0.5, 0.6) is 0 Å². The highest BCUT2D eigenvalue weighted by molar-refractivity contribution is 8.12. The standard InChI is InChI=1S/C13H15N3O2S2/c1-2-18-13(17)19-6-8-10-7-4-3-5-9(7)20-11(10)16-12(14)15-8/h2-6H2,1H3,(H2,14,15,16). The van der Waals surface area contributed by atoms with Crippen LogP contribution in [0.15, 0.2) is 0 Å². The van der Waals surface area contributed by atoms with Crippen LogP contribution in [0.4, 0.5) is 10.7 Å². The van der Waals surface area contributed by atoms with E-state index >= 15 is 0 Å². The molecule has 0 aromatic carbocycles. The van der Waals surface area contributed by atoms with E-state index in [9.17, 15) is 4.79 Å². The van der Waals surface area contributed by atoms with Crippen molar-refractivity contribution in [3.05, 3.63) is 16.1 Å². The van der Waals surface area contributed by atoms with E-state index in [1.807, 2.05) is 0 Å². The number of aryl methyl sites for hydroxylation is 2. The van der Waals surface area contributed by atoms with Gasteiger partial charge in [-0.05, 0) is 43.5 Å². The molecule has 0 amide bonds. The summed E-state index contributed by atoms with van der Waals surface area (Å²) >= 11 is 2.83. The summed E-state index contributed by atoms with van der Waals surface area (Å²) in [6.07, 6.45) is 3.37. The molecule has 106 valence electrons. The quantitative estimate of drug-likeness (QED) is 0.878. The van der Waals surface area contributed by atoms with Crippen molar-refractivity contribution in [3.63, 3.8) is 0 Å². The van der Waals surface area contributed by atoms with Crippen LogP contribution < -0.4 is 5.73 Å². The molecule has 0 saturated carbocycles. The largest absolute Gasteiger partial charge is 0.458 e. The molecule has 2 aromatic rings. The lowest BCUT2D eigenvalue weighted by molar-refractivity contribution is 0.181. The summed E-state index contributed by atoms with van der Waals surface area (Å²) < 4.78 is 4.93. The maximum absolute atomic E-state index is 11.5. The SMILES string of the molecule is CCOC(=O)SCc1nc(N)nc2sc3c(c12)CCC3. The lowest BCUT2D eigenvalue weighted by Gasteiger charge is -2.05. The molecule has 2 N–H and O–H groups in total. The maximum atomic E-state index is 11.5. The van der Waals surface area contributed by atoms with Crippen molar-refractivity contribution in [1.82, 2.24) is 9.97 Å². The first kappa shape index (κ1) is 13.6. The van der Waals surface area contributed by atoms with Crippen LogP contribution in [0.25, 0.3) is 10.2 Å². The Kier molecular flexibility index (Phi) is 3.80. The first-order chi connectivity index (χ1) is 9.69. The van der Waals surface area contributed by atoms with Gasteiger partial charge in [-0.2, -0.15) is 0 Å². The number of nitrogen functional groups attached to an aromatic ring is 1. The molecule has 0 unspecified atom stereocenters. The first-order valence-electron chi connectivity index (χ1n) is 6.55. The lowest BCUT2D eigenvalue weighted by Crippen LogP contribution is -2.02. The minimum absolute atomic E-state index is 0.273. The molecule has 1 aliphatic rings. The van der Waals surface area contributed by atoms with Gasteiger partial charge in [-0.3, -0.25) is 0 Å². The number of thiophene rings is 1. The third-order valence-corrected chi connectivity index (χ3v) is 5.20. The minimum Gasteiger partial charge on any atom is -0.458 e. The van der Waals surface area contributed by atoms with Gasteiger partial charge in [0.2, 0.25) is 5.95 Å². The van der Waals surface area contributed by atoms with Gasteiger partial charge in [-0.15, -0.1) is 11.3 Å². The molecule has 20 heavy (non-hydrogen) atoms. The molecule has 7 heteroatoms. The summed E-state index contributed by atoms with van der Waals surface area (Å²) in [6.45, 7) is 2.19. The molecule has 3 rings (SSSR count). The van der Waals surface area contributed by atoms with Crippen molar-refractivity contribution < 1.29 is 9.53 Å². The molecule has 2 aromatic heterocycles. The van der Waals surface area contributed by atoms with E-state index in [0.29, 0.717) is 12.4 Å². The molecule has 0 fully saturated rings. The zero-order chi connectivity index (χ0) is 14.1. The minimum atomic E-state index is -0.273. The van der Waals surface area contributed by atoms with Gasteiger partial charge in [0.25, 0.3) is 0 Å². The van der Waals surface area contributed by atoms with Crippen molar-refractivity contribution in [2.75, 3.05) is 12.3 Å². The second-order valence-electron chi connectivity index (χ2n) is 4.54. The summed E-state index contributed by atoms with van der Waals surface area (Å²) in [5, 5.41) is 0.832. The number of carbonyl (C=O) groups is 1. The summed E-state index contributed by atoms with van der Waals surface area (Å²) in [6, 6.07) is 0. The second-order valence-corrected chi connectivity index (χ2v) is 6.53. The zero-order valence-corrected chi connectivity index (χ0v) is 12.8. The van der Waals surface area contributed by atoms with Crippen LogP contribution in [-0.4, -0.2) is 21.9 Å². The molecule has 2 heterocycles. The number of fused-ring (bicyclic) bond motifs is 3. The topological polar surface area (TPSA) is 78.1 Å². The van der Waals surface area contributed by atoms with Gasteiger partial charge in [0.05, 0.1) is 12.3 Å². The summed E-state index contributed by atoms with van der Waals surface area (Å²) in [5.74, 6) is 0.752. The van der Waals surface area contributed by atoms with Gasteiger partial charge in [-0.1, -0.05) is 0 Å². The van der Waals surface area contributed by atoms with Crippen LogP contribution in [0, 0.1) is 0 Å². The first-order valence-corrected chi connectivity index (χ1v) is 8.35. The van der Waals surface area contributed by atoms with E-state index in [4.69, 9.17) is 10.5 Å². The molecule has 0 aliphatic heterocycles. The van der Waals surface area contributed by atoms with Gasteiger partial charge in [0, 0.05) is 16.0 Å². The van der Waals surface area contributed by atoms with Gasteiger partial charge >= 0.3 is 5.30 Å². The molecule has 0 radical (unpaired) electrons. The van der Waals surface area contributed by atoms with Crippen molar-refractivity contribution in [2.45, 2.75) is 31.9 Å². The number of nitrogens with two attached hydrogens (primary N) is 1. The smallest absolute Gasteiger partial charge is 0.367 e. The van der Waals surface area contributed by atoms with E-state index in [0.717, 1.165) is 40.5 Å². The highest BCUT2D eigenvalue weighted by atomic mass is 32.2. The second kappa shape index (κ2) is 5.57. The molecule has 1 aliphatic carbocycles. The highest BCUT2D eigenvalue weighted by Crippen LogP contribution is 2.38. The Morgan fingerprint density at radius 2 is 2.30 bits per heavy atom. The van der Waals surface area contributed by atoms with Crippen LogP contribution in [0.2, 0.25) is 0 Å². The Morgan fingerprint density at radius 1 is 1.45 bits per heavy atom. The number of rotatable bonds is 3. The maximum Gasteiger partial charge on any atom is 0.367 e. The van der Waals surface area contributed by atoms with E-state index in [1.165, 1.54) is 16.9 Å². The Morgan fingerprint density at radius 3 is 3.10 bits per heavy atom. The number of aromatic nitrogens is 2. The van der Waals surface area contributed by atoms with Gasteiger partial charge in [-0.25, -0.2) is 14.8 Å². The van der Waals surface area contributed by atoms with Crippen molar-refractivity contribution in [2.24, 2.45) is 0 Å². The summed E-state index contributed by atoms with van der Waals surface area (Å²) in [4.78, 5) is 22.5. The van der Waals surface area contributed by atoms with Gasteiger partial charge in [0.1, 0.15) is 4.83 Å². The normalized spacial score (nSPS) is 13.7. The van der Waals surface area contributed by atoms with E-state index < -0.39 is 0 Å². The third kappa shape index (κ3) is 2.47. The number of hydrogen-bond donors (Lipinski definition) is 1. The third-order valence-electron chi connectivity index (χ3n) is 3.25. The Labute approximate surface area is 124 Å². The fourth-order valence-electron chi connectivity index (χ4n) is 2.48. The van der Waals surface area contributed by atoms with Gasteiger partial charge < -0.3 is 10.5 Å². The number of anilines is 1. The average Bonchev–Trinajstić information content (AvgIpc) is 2.95. The number of nitrogens with zero attached hydrogens (tertiary/aromatic N) is 2. The fraction of sp³-hybridized carbons (Fsp3) is 0.462. The number of carbonyl (C=O) groups excluding carboxylic acids is 1. The lowest BCUT2D eigenvalue weighted by atomic mass is 10.1. The molecule has 0 spiro atoms. The predicted molar refractivity (Wildman–Crippen MR) is 82.2 cm³/mol. The van der Waals surface area contributed by atoms with E-state index in [2.05, 4.69) is 9.97 Å².